The lowest BCUT2D eigenvalue weighted by Gasteiger charge is -2.15. The third-order valence-corrected chi connectivity index (χ3v) is 5.12. The van der Waals surface area contributed by atoms with Crippen LogP contribution in [-0.2, 0) is 25.9 Å². The molecule has 0 radical (unpaired) electrons. The van der Waals surface area contributed by atoms with Crippen LogP contribution in [0, 0.1) is 13.8 Å². The molecule has 0 unspecified atom stereocenters. The number of hydrogen-bond donors (Lipinski definition) is 1. The second-order valence-electron chi connectivity index (χ2n) is 6.86. The maximum Gasteiger partial charge on any atom is 0.104 e. The zero-order valence-corrected chi connectivity index (χ0v) is 14.1. The van der Waals surface area contributed by atoms with E-state index in [2.05, 4.69) is 66.2 Å². The Balaban J connectivity index is 1.72. The quantitative estimate of drug-likeness (QED) is 0.768. The van der Waals surface area contributed by atoms with Crippen LogP contribution in [0.4, 0.5) is 0 Å². The summed E-state index contributed by atoms with van der Waals surface area (Å²) in [5.41, 5.74) is 8.69. The molecule has 2 heteroatoms. The Morgan fingerprint density at radius 3 is 2.61 bits per heavy atom. The average Bonchev–Trinajstić information content (AvgIpc) is 2.88. The Bertz CT molecular complexity index is 840. The Kier molecular flexibility index (Phi) is 3.70. The molecule has 0 amide bonds. The Morgan fingerprint density at radius 1 is 1.00 bits per heavy atom. The fourth-order valence-electron chi connectivity index (χ4n) is 3.84. The van der Waals surface area contributed by atoms with Crippen LogP contribution in [0.3, 0.4) is 0 Å². The van der Waals surface area contributed by atoms with Crippen molar-refractivity contribution in [2.24, 2.45) is 0 Å². The molecule has 0 aliphatic carbocycles. The molecule has 2 heterocycles. The van der Waals surface area contributed by atoms with Crippen LogP contribution in [0.1, 0.15) is 27.9 Å². The van der Waals surface area contributed by atoms with Gasteiger partial charge in [-0.3, -0.25) is 0 Å². The number of quaternary nitrogens is 1. The van der Waals surface area contributed by atoms with E-state index in [1.54, 1.807) is 11.3 Å². The van der Waals surface area contributed by atoms with Gasteiger partial charge in [-0.2, -0.15) is 0 Å². The molecule has 1 aromatic heterocycles. The molecule has 0 saturated carbocycles. The van der Waals surface area contributed by atoms with Gasteiger partial charge in [0.15, 0.2) is 0 Å². The van der Waals surface area contributed by atoms with E-state index in [0.29, 0.717) is 0 Å². The van der Waals surface area contributed by atoms with Crippen molar-refractivity contribution in [1.29, 1.82) is 0 Å². The van der Waals surface area contributed by atoms with E-state index in [1.165, 1.54) is 40.6 Å². The highest BCUT2D eigenvalue weighted by Crippen LogP contribution is 2.28. The van der Waals surface area contributed by atoms with Crippen LogP contribution < -0.4 is 5.32 Å². The number of aromatic nitrogens is 1. The molecule has 0 spiro atoms. The van der Waals surface area contributed by atoms with Crippen molar-refractivity contribution in [2.45, 2.75) is 39.8 Å². The van der Waals surface area contributed by atoms with Gasteiger partial charge in [-0.15, -0.1) is 0 Å². The third-order valence-electron chi connectivity index (χ3n) is 5.12. The third kappa shape index (κ3) is 2.68. The normalized spacial score (nSPS) is 14.2. The van der Waals surface area contributed by atoms with E-state index < -0.39 is 0 Å². The maximum absolute atomic E-state index is 2.58. The average molecular weight is 305 g/mol. The second-order valence-corrected chi connectivity index (χ2v) is 6.86. The van der Waals surface area contributed by atoms with E-state index in [4.69, 9.17) is 0 Å². The Morgan fingerprint density at radius 2 is 1.78 bits per heavy atom. The predicted octanol–water partition coefficient (Wildman–Crippen LogP) is 3.12. The molecule has 1 aliphatic rings. The van der Waals surface area contributed by atoms with E-state index >= 15 is 0 Å². The largest absolute Gasteiger partial charge is 0.344 e. The zero-order valence-electron chi connectivity index (χ0n) is 14.1. The van der Waals surface area contributed by atoms with Crippen molar-refractivity contribution in [3.05, 3.63) is 70.4 Å². The van der Waals surface area contributed by atoms with Gasteiger partial charge in [0.2, 0.25) is 0 Å². The summed E-state index contributed by atoms with van der Waals surface area (Å²) < 4.78 is 2.58. The van der Waals surface area contributed by atoms with Crippen LogP contribution in [-0.4, -0.2) is 11.1 Å². The highest BCUT2D eigenvalue weighted by molar-refractivity contribution is 5.86. The Hall–Kier alpha value is -2.06. The number of hydrogen-bond acceptors (Lipinski definition) is 0. The van der Waals surface area contributed by atoms with Gasteiger partial charge in [0.1, 0.15) is 6.54 Å². The first-order chi connectivity index (χ1) is 11.2. The molecule has 118 valence electrons. The monoisotopic (exact) mass is 305 g/mol. The zero-order chi connectivity index (χ0) is 15.8. The number of nitrogens with zero attached hydrogens (tertiary/aromatic N) is 1. The standard InChI is InChI=1S/C21H24N2/c1-15-3-6-17(7-4-15)10-12-23-20-8-5-16(2)13-18(20)19-14-22-11-9-21(19)23/h3-8,13,22H,9-12,14H2,1-2H3/p+1. The topological polar surface area (TPSA) is 21.5 Å². The molecule has 23 heavy (non-hydrogen) atoms. The van der Waals surface area contributed by atoms with Gasteiger partial charge in [0.05, 0.1) is 6.54 Å². The number of fused-ring (bicyclic) bond motifs is 3. The van der Waals surface area contributed by atoms with Gasteiger partial charge >= 0.3 is 0 Å². The van der Waals surface area contributed by atoms with E-state index in [9.17, 15) is 0 Å². The van der Waals surface area contributed by atoms with Gasteiger partial charge in [-0.1, -0.05) is 41.5 Å². The van der Waals surface area contributed by atoms with Gasteiger partial charge in [-0.05, 0) is 38.0 Å². The number of rotatable bonds is 3. The first-order valence-electron chi connectivity index (χ1n) is 8.70. The summed E-state index contributed by atoms with van der Waals surface area (Å²) >= 11 is 0. The van der Waals surface area contributed by atoms with Gasteiger partial charge < -0.3 is 9.88 Å². The lowest BCUT2D eigenvalue weighted by molar-refractivity contribution is -0.673. The second kappa shape index (κ2) is 5.86. The van der Waals surface area contributed by atoms with Gasteiger partial charge in [0.25, 0.3) is 0 Å². The number of aryl methyl sites for hydroxylation is 4. The van der Waals surface area contributed by atoms with Crippen molar-refractivity contribution in [3.63, 3.8) is 0 Å². The molecule has 2 aromatic carbocycles. The molecule has 0 atom stereocenters. The number of nitrogens with two attached hydrogens (primary N) is 1. The molecule has 2 N–H and O–H groups in total. The predicted molar refractivity (Wildman–Crippen MR) is 95.8 cm³/mol. The lowest BCUT2D eigenvalue weighted by Crippen LogP contribution is -2.84. The molecule has 2 nitrogen and oxygen atoms in total. The van der Waals surface area contributed by atoms with Gasteiger partial charge in [-0.25, -0.2) is 0 Å². The molecule has 0 saturated heterocycles. The summed E-state index contributed by atoms with van der Waals surface area (Å²) in [6, 6.07) is 15.9. The molecule has 0 fully saturated rings. The SMILES string of the molecule is Cc1ccc(CCn2c3c(c4cc(C)ccc42)C[NH2+]CC3)cc1. The molecule has 0 bridgehead atoms. The minimum atomic E-state index is 1.08. The highest BCUT2D eigenvalue weighted by atomic mass is 15.0. The minimum absolute atomic E-state index is 1.08. The lowest BCUT2D eigenvalue weighted by atomic mass is 10.0. The summed E-state index contributed by atoms with van der Waals surface area (Å²) in [6.07, 6.45) is 2.30. The van der Waals surface area contributed by atoms with Crippen LogP contribution in [0.2, 0.25) is 0 Å². The first kappa shape index (κ1) is 14.5. The molecule has 1 aliphatic heterocycles. The highest BCUT2D eigenvalue weighted by Gasteiger charge is 2.21. The van der Waals surface area contributed by atoms with Crippen molar-refractivity contribution in [2.75, 3.05) is 6.54 Å². The summed E-state index contributed by atoms with van der Waals surface area (Å²) in [5.74, 6) is 0. The van der Waals surface area contributed by atoms with Crippen LogP contribution in [0.5, 0.6) is 0 Å². The Labute approximate surface area is 138 Å². The fraction of sp³-hybridized carbons (Fsp3) is 0.333. The molecular weight excluding hydrogens is 280 g/mol. The van der Waals surface area contributed by atoms with Crippen molar-refractivity contribution in [1.82, 2.24) is 4.57 Å². The van der Waals surface area contributed by atoms with Crippen LogP contribution in [0.25, 0.3) is 10.9 Å². The van der Waals surface area contributed by atoms with E-state index in [0.717, 1.165) is 19.5 Å². The smallest absolute Gasteiger partial charge is 0.104 e. The fourth-order valence-corrected chi connectivity index (χ4v) is 3.84. The van der Waals surface area contributed by atoms with Crippen molar-refractivity contribution < 1.29 is 5.32 Å². The maximum atomic E-state index is 2.58. The van der Waals surface area contributed by atoms with Crippen LogP contribution >= 0.6 is 0 Å². The first-order valence-corrected chi connectivity index (χ1v) is 8.70. The van der Waals surface area contributed by atoms with E-state index in [1.807, 2.05) is 0 Å². The summed E-state index contributed by atoms with van der Waals surface area (Å²) in [7, 11) is 0. The molecular formula is C21H25N2+. The summed E-state index contributed by atoms with van der Waals surface area (Å²) in [4.78, 5) is 0. The van der Waals surface area contributed by atoms with Gasteiger partial charge in [0, 0.05) is 35.1 Å². The van der Waals surface area contributed by atoms with Crippen LogP contribution in [0.15, 0.2) is 42.5 Å². The molecule has 3 aromatic rings. The number of benzene rings is 2. The summed E-state index contributed by atoms with van der Waals surface area (Å²) in [5, 5.41) is 3.91. The molecule has 4 rings (SSSR count). The minimum Gasteiger partial charge on any atom is -0.344 e. The van der Waals surface area contributed by atoms with Crippen molar-refractivity contribution >= 4 is 10.9 Å². The van der Waals surface area contributed by atoms with Crippen molar-refractivity contribution in [3.8, 4) is 0 Å². The van der Waals surface area contributed by atoms with E-state index in [-0.39, 0.29) is 0 Å². The summed E-state index contributed by atoms with van der Waals surface area (Å²) in [6.45, 7) is 7.78.